The monoisotopic (exact) mass is 457 g/mol. The Balaban J connectivity index is 1.37. The number of halogens is 1. The molecule has 32 heavy (non-hydrogen) atoms. The summed E-state index contributed by atoms with van der Waals surface area (Å²) in [5.41, 5.74) is 1.66. The van der Waals surface area contributed by atoms with E-state index >= 15 is 0 Å². The van der Waals surface area contributed by atoms with E-state index in [2.05, 4.69) is 5.32 Å². The van der Waals surface area contributed by atoms with Crippen molar-refractivity contribution >= 4 is 34.9 Å². The molecule has 1 aliphatic rings. The molecule has 0 saturated carbocycles. The predicted molar refractivity (Wildman–Crippen MR) is 124 cm³/mol. The van der Waals surface area contributed by atoms with Gasteiger partial charge >= 0.3 is 0 Å². The number of rotatable bonds is 9. The maximum Gasteiger partial charge on any atom is 0.260 e. The Morgan fingerprint density at radius 2 is 1.69 bits per heavy atom. The summed E-state index contributed by atoms with van der Waals surface area (Å²) >= 11 is 6.08. The molecule has 0 spiro atoms. The second kappa shape index (κ2) is 11.6. The van der Waals surface area contributed by atoms with E-state index in [1.165, 1.54) is 0 Å². The lowest BCUT2D eigenvalue weighted by Gasteiger charge is -2.34. The van der Waals surface area contributed by atoms with Crippen LogP contribution in [0.15, 0.2) is 48.5 Å². The van der Waals surface area contributed by atoms with Crippen molar-refractivity contribution in [1.29, 1.82) is 0 Å². The number of benzene rings is 2. The highest BCUT2D eigenvalue weighted by atomic mass is 35.5. The summed E-state index contributed by atoms with van der Waals surface area (Å²) in [4.78, 5) is 39.6. The average molecular weight is 458 g/mol. The van der Waals surface area contributed by atoms with Crippen molar-refractivity contribution in [2.24, 2.45) is 0 Å². The lowest BCUT2D eigenvalue weighted by atomic mass is 10.1. The Kier molecular flexibility index (Phi) is 8.64. The molecule has 0 aliphatic carbocycles. The standard InChI is InChI=1S/C24H28ClN3O4/c1-18(29)6-7-19-8-10-20(11-9-19)32-17-24(31)28-14-12-27(13-15-28)16-23(30)26-22-5-3-2-4-21(22)25/h2-5,8-11H,6-7,12-17H2,1H3,(H,26,30). The van der Waals surface area contributed by atoms with E-state index in [4.69, 9.17) is 16.3 Å². The Hall–Kier alpha value is -2.90. The van der Waals surface area contributed by atoms with Crippen LogP contribution < -0.4 is 10.1 Å². The largest absolute Gasteiger partial charge is 0.484 e. The topological polar surface area (TPSA) is 79.0 Å². The van der Waals surface area contributed by atoms with Crippen LogP contribution in [0, 0.1) is 0 Å². The molecule has 0 radical (unpaired) electrons. The van der Waals surface area contributed by atoms with Gasteiger partial charge in [0.15, 0.2) is 6.61 Å². The van der Waals surface area contributed by atoms with Crippen LogP contribution in [0.5, 0.6) is 5.75 Å². The van der Waals surface area contributed by atoms with Crippen molar-refractivity contribution in [3.8, 4) is 5.75 Å². The number of hydrogen-bond donors (Lipinski definition) is 1. The van der Waals surface area contributed by atoms with Crippen LogP contribution in [0.25, 0.3) is 0 Å². The zero-order valence-electron chi connectivity index (χ0n) is 18.2. The number of carbonyl (C=O) groups is 3. The summed E-state index contributed by atoms with van der Waals surface area (Å²) in [7, 11) is 0. The number of carbonyl (C=O) groups excluding carboxylic acids is 3. The maximum atomic E-state index is 12.5. The normalized spacial score (nSPS) is 14.1. The number of anilines is 1. The summed E-state index contributed by atoms with van der Waals surface area (Å²) in [5, 5.41) is 3.32. The molecule has 0 atom stereocenters. The molecule has 2 aromatic carbocycles. The molecule has 0 aromatic heterocycles. The van der Waals surface area contributed by atoms with Gasteiger partial charge in [0.25, 0.3) is 5.91 Å². The third-order valence-electron chi connectivity index (χ3n) is 5.29. The van der Waals surface area contributed by atoms with Crippen LogP contribution in [0.3, 0.4) is 0 Å². The SMILES string of the molecule is CC(=O)CCc1ccc(OCC(=O)N2CCN(CC(=O)Nc3ccccc3Cl)CC2)cc1. The van der Waals surface area contributed by atoms with Crippen LogP contribution >= 0.6 is 11.6 Å². The third-order valence-corrected chi connectivity index (χ3v) is 5.62. The first-order valence-electron chi connectivity index (χ1n) is 10.7. The molecule has 3 rings (SSSR count). The minimum absolute atomic E-state index is 0.0280. The number of para-hydroxylation sites is 1. The van der Waals surface area contributed by atoms with Gasteiger partial charge in [0.2, 0.25) is 5.91 Å². The van der Waals surface area contributed by atoms with E-state index in [0.717, 1.165) is 5.56 Å². The van der Waals surface area contributed by atoms with E-state index in [9.17, 15) is 14.4 Å². The first-order valence-corrected chi connectivity index (χ1v) is 11.0. The molecule has 170 valence electrons. The van der Waals surface area contributed by atoms with Gasteiger partial charge in [0, 0.05) is 32.6 Å². The van der Waals surface area contributed by atoms with E-state index in [1.54, 1.807) is 24.0 Å². The molecule has 0 bridgehead atoms. The van der Waals surface area contributed by atoms with E-state index in [1.807, 2.05) is 41.3 Å². The van der Waals surface area contributed by atoms with Gasteiger partial charge in [0.1, 0.15) is 11.5 Å². The molecule has 1 saturated heterocycles. The van der Waals surface area contributed by atoms with Gasteiger partial charge in [-0.05, 0) is 43.2 Å². The number of nitrogens with one attached hydrogen (secondary N) is 1. The minimum Gasteiger partial charge on any atom is -0.484 e. The number of aryl methyl sites for hydroxylation is 1. The predicted octanol–water partition coefficient (Wildman–Crippen LogP) is 3.02. The first-order chi connectivity index (χ1) is 15.4. The number of ketones is 1. The number of ether oxygens (including phenoxy) is 1. The molecule has 1 N–H and O–H groups in total. The lowest BCUT2D eigenvalue weighted by Crippen LogP contribution is -2.51. The lowest BCUT2D eigenvalue weighted by molar-refractivity contribution is -0.135. The van der Waals surface area contributed by atoms with Crippen molar-refractivity contribution < 1.29 is 19.1 Å². The molecule has 7 nitrogen and oxygen atoms in total. The van der Waals surface area contributed by atoms with Crippen molar-refractivity contribution in [2.45, 2.75) is 19.8 Å². The Labute approximate surface area is 193 Å². The number of Topliss-reactive ketones (excluding diaryl/α,β-unsaturated/α-hetero) is 1. The summed E-state index contributed by atoms with van der Waals surface area (Å²) in [6, 6.07) is 14.6. The highest BCUT2D eigenvalue weighted by Gasteiger charge is 2.23. The van der Waals surface area contributed by atoms with Gasteiger partial charge in [-0.25, -0.2) is 0 Å². The number of hydrogen-bond acceptors (Lipinski definition) is 5. The highest BCUT2D eigenvalue weighted by Crippen LogP contribution is 2.20. The molecule has 8 heteroatoms. The fourth-order valence-corrected chi connectivity index (χ4v) is 3.60. The van der Waals surface area contributed by atoms with E-state index in [-0.39, 0.29) is 30.7 Å². The summed E-state index contributed by atoms with van der Waals surface area (Å²) in [5.74, 6) is 0.579. The van der Waals surface area contributed by atoms with Gasteiger partial charge in [-0.3, -0.25) is 14.5 Å². The van der Waals surface area contributed by atoms with Crippen molar-refractivity contribution in [2.75, 3.05) is 44.6 Å². The zero-order valence-corrected chi connectivity index (χ0v) is 18.9. The zero-order chi connectivity index (χ0) is 22.9. The number of piperazine rings is 1. The summed E-state index contributed by atoms with van der Waals surface area (Å²) in [6.07, 6.45) is 1.22. The smallest absolute Gasteiger partial charge is 0.260 e. The van der Waals surface area contributed by atoms with Gasteiger partial charge in [0.05, 0.1) is 17.3 Å². The second-order valence-corrected chi connectivity index (χ2v) is 8.23. The van der Waals surface area contributed by atoms with Gasteiger partial charge < -0.3 is 19.7 Å². The van der Waals surface area contributed by atoms with Crippen molar-refractivity contribution in [3.63, 3.8) is 0 Å². The molecule has 1 heterocycles. The highest BCUT2D eigenvalue weighted by molar-refractivity contribution is 6.33. The fraction of sp³-hybridized carbons (Fsp3) is 0.375. The van der Waals surface area contributed by atoms with Crippen LogP contribution in [-0.4, -0.2) is 66.7 Å². The van der Waals surface area contributed by atoms with E-state index < -0.39 is 0 Å². The third kappa shape index (κ3) is 7.35. The Morgan fingerprint density at radius 1 is 1.00 bits per heavy atom. The molecular weight excluding hydrogens is 430 g/mol. The maximum absolute atomic E-state index is 12.5. The molecule has 0 unspecified atom stereocenters. The Morgan fingerprint density at radius 3 is 2.34 bits per heavy atom. The second-order valence-electron chi connectivity index (χ2n) is 7.82. The van der Waals surface area contributed by atoms with Gasteiger partial charge in [-0.15, -0.1) is 0 Å². The van der Waals surface area contributed by atoms with Crippen LogP contribution in [0.1, 0.15) is 18.9 Å². The fourth-order valence-electron chi connectivity index (χ4n) is 3.42. The first kappa shape index (κ1) is 23.8. The quantitative estimate of drug-likeness (QED) is 0.626. The van der Waals surface area contributed by atoms with Gasteiger partial charge in [-0.1, -0.05) is 35.9 Å². The van der Waals surface area contributed by atoms with E-state index in [0.29, 0.717) is 55.5 Å². The van der Waals surface area contributed by atoms with Gasteiger partial charge in [-0.2, -0.15) is 0 Å². The average Bonchev–Trinajstić information content (AvgIpc) is 2.79. The molecule has 1 fully saturated rings. The number of amides is 2. The molecule has 1 aliphatic heterocycles. The summed E-state index contributed by atoms with van der Waals surface area (Å²) in [6.45, 7) is 4.13. The van der Waals surface area contributed by atoms with Crippen molar-refractivity contribution in [1.82, 2.24) is 9.80 Å². The van der Waals surface area contributed by atoms with Crippen molar-refractivity contribution in [3.05, 3.63) is 59.1 Å². The van der Waals surface area contributed by atoms with Crippen LogP contribution in [-0.2, 0) is 20.8 Å². The van der Waals surface area contributed by atoms with Crippen LogP contribution in [0.2, 0.25) is 5.02 Å². The molecular formula is C24H28ClN3O4. The van der Waals surface area contributed by atoms with Crippen LogP contribution in [0.4, 0.5) is 5.69 Å². The molecule has 2 aromatic rings. The minimum atomic E-state index is -0.132. The molecule has 2 amide bonds. The number of nitrogens with zero attached hydrogens (tertiary/aromatic N) is 2. The summed E-state index contributed by atoms with van der Waals surface area (Å²) < 4.78 is 5.62. The Bertz CT molecular complexity index is 941.